The van der Waals surface area contributed by atoms with Crippen molar-refractivity contribution in [3.63, 3.8) is 0 Å². The Morgan fingerprint density at radius 3 is 3.00 bits per heavy atom. The van der Waals surface area contributed by atoms with Crippen molar-refractivity contribution in [2.45, 2.75) is 13.0 Å². The Morgan fingerprint density at radius 2 is 2.27 bits per heavy atom. The van der Waals surface area contributed by atoms with Crippen molar-refractivity contribution < 1.29 is 9.53 Å². The molecule has 1 atom stereocenters. The first-order valence-corrected chi connectivity index (χ1v) is 8.00. The van der Waals surface area contributed by atoms with Crippen LogP contribution in [-0.2, 0) is 11.8 Å². The average molecular weight is 337 g/mol. The highest BCUT2D eigenvalue weighted by Crippen LogP contribution is 2.26. The number of amides is 1. The highest BCUT2D eigenvalue weighted by Gasteiger charge is 2.32. The summed E-state index contributed by atoms with van der Waals surface area (Å²) in [7, 11) is 1.72. The van der Waals surface area contributed by atoms with E-state index in [4.69, 9.17) is 17.0 Å². The molecule has 0 bridgehead atoms. The van der Waals surface area contributed by atoms with Crippen LogP contribution in [0, 0.1) is 0 Å². The summed E-state index contributed by atoms with van der Waals surface area (Å²) in [6.07, 6.45) is -0.624. The summed E-state index contributed by atoms with van der Waals surface area (Å²) in [6.45, 7) is 2.74. The van der Waals surface area contributed by atoms with Crippen LogP contribution >= 0.6 is 23.6 Å². The SMILES string of the molecule is CC(=S)NC[C@H]1CN(c2ccc3sc(=O)n(C)c3c2)C(=O)O1. The number of nitrogens with one attached hydrogen (secondary N) is 1. The molecular weight excluding hydrogens is 322 g/mol. The number of aryl methyl sites for hydroxylation is 1. The van der Waals surface area contributed by atoms with Gasteiger partial charge in [0.2, 0.25) is 0 Å². The van der Waals surface area contributed by atoms with Crippen LogP contribution in [0.4, 0.5) is 10.5 Å². The number of nitrogens with zero attached hydrogens (tertiary/aromatic N) is 2. The van der Waals surface area contributed by atoms with Crippen LogP contribution in [0.2, 0.25) is 0 Å². The minimum absolute atomic E-state index is 0.0188. The third-order valence-corrected chi connectivity index (χ3v) is 4.70. The van der Waals surface area contributed by atoms with E-state index in [1.807, 2.05) is 18.2 Å². The second-order valence-electron chi connectivity index (χ2n) is 5.13. The number of thiazole rings is 1. The fraction of sp³-hybridized carbons (Fsp3) is 0.357. The summed E-state index contributed by atoms with van der Waals surface area (Å²) in [5.41, 5.74) is 1.55. The summed E-state index contributed by atoms with van der Waals surface area (Å²) in [6, 6.07) is 5.53. The van der Waals surface area contributed by atoms with E-state index in [0.717, 1.165) is 15.9 Å². The summed E-state index contributed by atoms with van der Waals surface area (Å²) in [5.74, 6) is 0. The Bertz CT molecular complexity index is 811. The molecule has 1 N–H and O–H groups in total. The third-order valence-electron chi connectivity index (χ3n) is 3.54. The molecule has 1 fully saturated rings. The van der Waals surface area contributed by atoms with Crippen molar-refractivity contribution >= 4 is 50.5 Å². The molecule has 1 amide bonds. The number of hydrogen-bond donors (Lipinski definition) is 1. The van der Waals surface area contributed by atoms with E-state index >= 15 is 0 Å². The molecule has 6 nitrogen and oxygen atoms in total. The number of hydrogen-bond acceptors (Lipinski definition) is 5. The van der Waals surface area contributed by atoms with Gasteiger partial charge in [0.25, 0.3) is 0 Å². The molecule has 22 heavy (non-hydrogen) atoms. The van der Waals surface area contributed by atoms with Crippen LogP contribution < -0.4 is 15.1 Å². The molecule has 0 unspecified atom stereocenters. The number of carbonyl (C=O) groups is 1. The van der Waals surface area contributed by atoms with Gasteiger partial charge in [-0.05, 0) is 25.1 Å². The standard InChI is InChI=1S/C14H15N3O3S2/c1-8(21)15-6-10-7-17(13(18)20-10)9-3-4-12-11(5-9)16(2)14(19)22-12/h3-5,10H,6-7H2,1-2H3,(H,15,21)/t10-/m0/s1. The van der Waals surface area contributed by atoms with Gasteiger partial charge in [-0.3, -0.25) is 9.69 Å². The number of thiocarbonyl (C=S) groups is 1. The maximum absolute atomic E-state index is 12.0. The molecular formula is C14H15N3O3S2. The molecule has 1 aliphatic rings. The van der Waals surface area contributed by atoms with E-state index in [1.165, 1.54) is 11.3 Å². The zero-order valence-corrected chi connectivity index (χ0v) is 13.8. The Balaban J connectivity index is 1.84. The van der Waals surface area contributed by atoms with E-state index in [2.05, 4.69) is 5.32 Å². The van der Waals surface area contributed by atoms with Gasteiger partial charge in [-0.2, -0.15) is 0 Å². The Labute approximate surface area is 136 Å². The number of aromatic nitrogens is 1. The van der Waals surface area contributed by atoms with Crippen LogP contribution in [0.5, 0.6) is 0 Å². The lowest BCUT2D eigenvalue weighted by Crippen LogP contribution is -2.32. The van der Waals surface area contributed by atoms with Crippen molar-refractivity contribution in [3.8, 4) is 0 Å². The van der Waals surface area contributed by atoms with Gasteiger partial charge in [0.1, 0.15) is 6.10 Å². The number of carbonyl (C=O) groups excluding carboxylic acids is 1. The fourth-order valence-corrected chi connectivity index (χ4v) is 3.32. The van der Waals surface area contributed by atoms with E-state index in [1.54, 1.807) is 23.4 Å². The average Bonchev–Trinajstić information content (AvgIpc) is 2.98. The van der Waals surface area contributed by atoms with Gasteiger partial charge in [-0.25, -0.2) is 4.79 Å². The predicted octanol–water partition coefficient (Wildman–Crippen LogP) is 1.86. The highest BCUT2D eigenvalue weighted by atomic mass is 32.1. The summed E-state index contributed by atoms with van der Waals surface area (Å²) < 4.78 is 7.81. The van der Waals surface area contributed by atoms with Gasteiger partial charge in [0.15, 0.2) is 0 Å². The van der Waals surface area contributed by atoms with Gasteiger partial charge in [-0.15, -0.1) is 0 Å². The van der Waals surface area contributed by atoms with Crippen LogP contribution in [0.3, 0.4) is 0 Å². The van der Waals surface area contributed by atoms with Crippen molar-refractivity contribution in [1.82, 2.24) is 9.88 Å². The zero-order chi connectivity index (χ0) is 15.9. The minimum Gasteiger partial charge on any atom is -0.442 e. The largest absolute Gasteiger partial charge is 0.442 e. The molecule has 0 saturated carbocycles. The van der Waals surface area contributed by atoms with Crippen molar-refractivity contribution in [1.29, 1.82) is 0 Å². The van der Waals surface area contributed by atoms with Crippen molar-refractivity contribution in [2.24, 2.45) is 7.05 Å². The second-order valence-corrected chi connectivity index (χ2v) is 6.74. The van der Waals surface area contributed by atoms with Crippen LogP contribution in [-0.4, -0.2) is 34.8 Å². The molecule has 1 saturated heterocycles. The first-order valence-electron chi connectivity index (χ1n) is 6.78. The summed E-state index contributed by atoms with van der Waals surface area (Å²) in [4.78, 5) is 26.0. The lowest BCUT2D eigenvalue weighted by molar-refractivity contribution is 0.143. The second kappa shape index (κ2) is 5.69. The molecule has 0 aliphatic carbocycles. The lowest BCUT2D eigenvalue weighted by atomic mass is 10.2. The Morgan fingerprint density at radius 1 is 1.50 bits per heavy atom. The van der Waals surface area contributed by atoms with Crippen LogP contribution in [0.25, 0.3) is 10.2 Å². The molecule has 0 radical (unpaired) electrons. The summed E-state index contributed by atoms with van der Waals surface area (Å²) in [5, 5.41) is 3.01. The number of ether oxygens (including phenoxy) is 1. The molecule has 1 aromatic carbocycles. The van der Waals surface area contributed by atoms with Gasteiger partial charge in [-0.1, -0.05) is 23.6 Å². The van der Waals surface area contributed by atoms with Crippen molar-refractivity contribution in [2.75, 3.05) is 18.0 Å². The molecule has 2 aromatic rings. The first kappa shape index (κ1) is 15.0. The van der Waals surface area contributed by atoms with E-state index in [-0.39, 0.29) is 17.1 Å². The highest BCUT2D eigenvalue weighted by molar-refractivity contribution is 7.80. The molecule has 8 heteroatoms. The normalized spacial score (nSPS) is 17.8. The number of cyclic esters (lactones) is 1. The molecule has 116 valence electrons. The van der Waals surface area contributed by atoms with Crippen molar-refractivity contribution in [3.05, 3.63) is 27.9 Å². The summed E-state index contributed by atoms with van der Waals surface area (Å²) >= 11 is 6.15. The van der Waals surface area contributed by atoms with E-state index in [0.29, 0.717) is 18.1 Å². The molecule has 2 heterocycles. The first-order chi connectivity index (χ1) is 10.5. The predicted molar refractivity (Wildman–Crippen MR) is 91.0 cm³/mol. The zero-order valence-electron chi connectivity index (χ0n) is 12.2. The molecule has 0 spiro atoms. The third kappa shape index (κ3) is 2.71. The quantitative estimate of drug-likeness (QED) is 0.866. The molecule has 3 rings (SSSR count). The fourth-order valence-electron chi connectivity index (χ4n) is 2.38. The van der Waals surface area contributed by atoms with Gasteiger partial charge < -0.3 is 14.6 Å². The maximum atomic E-state index is 12.0. The number of anilines is 1. The van der Waals surface area contributed by atoms with Crippen LogP contribution in [0.1, 0.15) is 6.92 Å². The molecule has 1 aliphatic heterocycles. The van der Waals surface area contributed by atoms with E-state index in [9.17, 15) is 9.59 Å². The lowest BCUT2D eigenvalue weighted by Gasteiger charge is -2.13. The maximum Gasteiger partial charge on any atom is 0.414 e. The number of benzene rings is 1. The Kier molecular flexibility index (Phi) is 3.88. The number of rotatable bonds is 3. The molecule has 1 aromatic heterocycles. The van der Waals surface area contributed by atoms with Gasteiger partial charge in [0.05, 0.1) is 28.3 Å². The Hall–Kier alpha value is -1.93. The van der Waals surface area contributed by atoms with Gasteiger partial charge >= 0.3 is 11.0 Å². The van der Waals surface area contributed by atoms with Gasteiger partial charge in [0, 0.05) is 12.7 Å². The topological polar surface area (TPSA) is 63.6 Å². The smallest absolute Gasteiger partial charge is 0.414 e. The monoisotopic (exact) mass is 337 g/mol. The van der Waals surface area contributed by atoms with E-state index < -0.39 is 0 Å². The number of fused-ring (bicyclic) bond motifs is 1. The minimum atomic E-state index is -0.381. The van der Waals surface area contributed by atoms with Crippen LogP contribution in [0.15, 0.2) is 23.0 Å².